The van der Waals surface area contributed by atoms with Gasteiger partial charge >= 0.3 is 0 Å². The van der Waals surface area contributed by atoms with E-state index in [0.29, 0.717) is 12.4 Å². The third-order valence-electron chi connectivity index (χ3n) is 3.99. The van der Waals surface area contributed by atoms with E-state index in [1.807, 2.05) is 31.2 Å². The van der Waals surface area contributed by atoms with Crippen molar-refractivity contribution in [3.8, 4) is 11.5 Å². The zero-order valence-corrected chi connectivity index (χ0v) is 15.7. The molecular formula is C20H22N2O3S. The summed E-state index contributed by atoms with van der Waals surface area (Å²) < 4.78 is 31.9. The van der Waals surface area contributed by atoms with Crippen LogP contribution in [0.25, 0.3) is 11.5 Å². The van der Waals surface area contributed by atoms with Gasteiger partial charge in [0.05, 0.1) is 4.90 Å². The average molecular weight is 370 g/mol. The van der Waals surface area contributed by atoms with E-state index in [1.54, 1.807) is 30.3 Å². The van der Waals surface area contributed by atoms with E-state index >= 15 is 0 Å². The Morgan fingerprint density at radius 1 is 1.08 bits per heavy atom. The fraction of sp³-hybridized carbons (Fsp3) is 0.250. The number of anilines is 1. The van der Waals surface area contributed by atoms with Gasteiger partial charge < -0.3 is 9.73 Å². The van der Waals surface area contributed by atoms with Crippen LogP contribution in [0.5, 0.6) is 0 Å². The molecule has 0 bridgehead atoms. The summed E-state index contributed by atoms with van der Waals surface area (Å²) >= 11 is 0. The van der Waals surface area contributed by atoms with Crippen LogP contribution in [0.3, 0.4) is 0 Å². The van der Waals surface area contributed by atoms with Gasteiger partial charge in [0.15, 0.2) is 0 Å². The minimum Gasteiger partial charge on any atom is -0.419 e. The minimum absolute atomic E-state index is 0.0729. The summed E-state index contributed by atoms with van der Waals surface area (Å²) in [6, 6.07) is 15.9. The van der Waals surface area contributed by atoms with Crippen LogP contribution < -0.4 is 5.32 Å². The van der Waals surface area contributed by atoms with Gasteiger partial charge in [0.2, 0.25) is 26.6 Å². The predicted molar refractivity (Wildman–Crippen MR) is 102 cm³/mol. The van der Waals surface area contributed by atoms with Crippen LogP contribution >= 0.6 is 0 Å². The molecule has 1 N–H and O–H groups in total. The second kappa shape index (κ2) is 7.74. The van der Waals surface area contributed by atoms with E-state index < -0.39 is 9.84 Å². The van der Waals surface area contributed by atoms with E-state index in [-0.39, 0.29) is 15.8 Å². The number of hydrogen-bond acceptors (Lipinski definition) is 5. The number of hydrogen-bond donors (Lipinski definition) is 1. The Kier molecular flexibility index (Phi) is 5.42. The fourth-order valence-electron chi connectivity index (χ4n) is 2.59. The molecule has 0 aliphatic rings. The summed E-state index contributed by atoms with van der Waals surface area (Å²) in [5, 5.41) is 3.01. The number of benzene rings is 2. The molecule has 0 aliphatic heterocycles. The van der Waals surface area contributed by atoms with Gasteiger partial charge in [-0.15, -0.1) is 0 Å². The first-order valence-electron chi connectivity index (χ1n) is 8.64. The highest BCUT2D eigenvalue weighted by atomic mass is 32.2. The molecule has 2 aromatic carbocycles. The minimum atomic E-state index is -3.77. The van der Waals surface area contributed by atoms with Crippen LogP contribution in [0.15, 0.2) is 68.9 Å². The van der Waals surface area contributed by atoms with Crippen molar-refractivity contribution in [2.24, 2.45) is 0 Å². The highest BCUT2D eigenvalue weighted by Gasteiger charge is 2.28. The first-order valence-corrected chi connectivity index (χ1v) is 10.1. The fourth-order valence-corrected chi connectivity index (χ4v) is 3.89. The molecule has 3 aromatic rings. The van der Waals surface area contributed by atoms with Gasteiger partial charge in [-0.2, -0.15) is 4.98 Å². The molecule has 0 fully saturated rings. The largest absolute Gasteiger partial charge is 0.419 e. The van der Waals surface area contributed by atoms with Crippen LogP contribution in [-0.4, -0.2) is 19.9 Å². The molecule has 0 spiro atoms. The number of nitrogens with one attached hydrogen (secondary N) is 1. The number of sulfone groups is 1. The maximum absolute atomic E-state index is 13.0. The lowest BCUT2D eigenvalue weighted by atomic mass is 10.1. The van der Waals surface area contributed by atoms with Crippen LogP contribution in [-0.2, 0) is 9.84 Å². The molecule has 0 saturated carbocycles. The number of oxazole rings is 1. The third-order valence-corrected chi connectivity index (χ3v) is 5.66. The van der Waals surface area contributed by atoms with Crippen LogP contribution in [0.4, 0.5) is 5.88 Å². The summed E-state index contributed by atoms with van der Waals surface area (Å²) in [5.41, 5.74) is 1.80. The summed E-state index contributed by atoms with van der Waals surface area (Å²) in [6.45, 7) is 4.66. The van der Waals surface area contributed by atoms with E-state index in [9.17, 15) is 8.42 Å². The van der Waals surface area contributed by atoms with E-state index in [2.05, 4.69) is 17.2 Å². The molecule has 26 heavy (non-hydrogen) atoms. The zero-order valence-electron chi connectivity index (χ0n) is 14.9. The number of nitrogens with zero attached hydrogens (tertiary/aromatic N) is 1. The van der Waals surface area contributed by atoms with Crippen LogP contribution in [0, 0.1) is 6.92 Å². The van der Waals surface area contributed by atoms with Gasteiger partial charge in [-0.3, -0.25) is 0 Å². The first-order chi connectivity index (χ1) is 12.5. The van der Waals surface area contributed by atoms with Crippen molar-refractivity contribution in [1.29, 1.82) is 0 Å². The Balaban J connectivity index is 2.07. The van der Waals surface area contributed by atoms with Gasteiger partial charge in [0, 0.05) is 12.1 Å². The quantitative estimate of drug-likeness (QED) is 0.611. The summed E-state index contributed by atoms with van der Waals surface area (Å²) in [4.78, 5) is 4.53. The molecule has 1 aromatic heterocycles. The maximum Gasteiger partial charge on any atom is 0.233 e. The molecule has 0 unspecified atom stereocenters. The second-order valence-corrected chi connectivity index (χ2v) is 7.98. The molecular weight excluding hydrogens is 348 g/mol. The lowest BCUT2D eigenvalue weighted by Crippen LogP contribution is -2.08. The molecule has 5 nitrogen and oxygen atoms in total. The zero-order chi connectivity index (χ0) is 18.6. The smallest absolute Gasteiger partial charge is 0.233 e. The van der Waals surface area contributed by atoms with Crippen molar-refractivity contribution in [3.63, 3.8) is 0 Å². The number of rotatable bonds is 7. The molecule has 0 aliphatic carbocycles. The Morgan fingerprint density at radius 3 is 2.54 bits per heavy atom. The van der Waals surface area contributed by atoms with Crippen molar-refractivity contribution < 1.29 is 12.8 Å². The second-order valence-electron chi connectivity index (χ2n) is 6.12. The maximum atomic E-state index is 13.0. The Labute approximate surface area is 154 Å². The molecule has 3 rings (SSSR count). The van der Waals surface area contributed by atoms with Gasteiger partial charge in [0.1, 0.15) is 0 Å². The molecule has 0 amide bonds. The van der Waals surface area contributed by atoms with Crippen molar-refractivity contribution >= 4 is 15.7 Å². The standard InChI is InChI=1S/C20H22N2O3S/c1-3-4-13-21-19-20(26(23,24)17-11-6-5-7-12-17)22-18(25-19)16-10-8-9-15(2)14-16/h5-12,14,21H,3-4,13H2,1-2H3. The summed E-state index contributed by atoms with van der Waals surface area (Å²) in [5.74, 6) is 0.487. The van der Waals surface area contributed by atoms with Crippen molar-refractivity contribution in [2.75, 3.05) is 11.9 Å². The molecule has 0 atom stereocenters. The summed E-state index contributed by atoms with van der Waals surface area (Å²) in [6.07, 6.45) is 1.90. The molecule has 0 radical (unpaired) electrons. The SMILES string of the molecule is CCCCNc1oc(-c2cccc(C)c2)nc1S(=O)(=O)c1ccccc1. The topological polar surface area (TPSA) is 72.2 Å². The van der Waals surface area contributed by atoms with E-state index in [1.165, 1.54) is 0 Å². The van der Waals surface area contributed by atoms with Crippen LogP contribution in [0.2, 0.25) is 0 Å². The lowest BCUT2D eigenvalue weighted by Gasteiger charge is -2.05. The Bertz CT molecular complexity index is 979. The number of aromatic nitrogens is 1. The molecule has 6 heteroatoms. The van der Waals surface area contributed by atoms with Gasteiger partial charge in [0.25, 0.3) is 0 Å². The normalized spacial score (nSPS) is 11.5. The Morgan fingerprint density at radius 2 is 1.85 bits per heavy atom. The van der Waals surface area contributed by atoms with Gasteiger partial charge in [-0.25, -0.2) is 8.42 Å². The third kappa shape index (κ3) is 3.80. The highest BCUT2D eigenvalue weighted by molar-refractivity contribution is 7.91. The predicted octanol–water partition coefficient (Wildman–Crippen LogP) is 4.69. The van der Waals surface area contributed by atoms with Gasteiger partial charge in [-0.1, -0.05) is 49.2 Å². The summed E-state index contributed by atoms with van der Waals surface area (Å²) in [7, 11) is -3.77. The Hall–Kier alpha value is -2.60. The van der Waals surface area contributed by atoms with Crippen molar-refractivity contribution in [2.45, 2.75) is 36.6 Å². The lowest BCUT2D eigenvalue weighted by molar-refractivity contribution is 0.575. The number of unbranched alkanes of at least 4 members (excludes halogenated alkanes) is 1. The van der Waals surface area contributed by atoms with Gasteiger partial charge in [-0.05, 0) is 37.6 Å². The van der Waals surface area contributed by atoms with Crippen LogP contribution in [0.1, 0.15) is 25.3 Å². The van der Waals surface area contributed by atoms with E-state index in [0.717, 1.165) is 24.0 Å². The monoisotopic (exact) mass is 370 g/mol. The molecule has 136 valence electrons. The molecule has 1 heterocycles. The average Bonchev–Trinajstić information content (AvgIpc) is 3.08. The highest BCUT2D eigenvalue weighted by Crippen LogP contribution is 2.32. The molecule has 0 saturated heterocycles. The number of aryl methyl sites for hydroxylation is 1. The van der Waals surface area contributed by atoms with E-state index in [4.69, 9.17) is 4.42 Å². The van der Waals surface area contributed by atoms with Crippen molar-refractivity contribution in [3.05, 3.63) is 60.2 Å². The first kappa shape index (κ1) is 18.2. The van der Waals surface area contributed by atoms with Crippen molar-refractivity contribution in [1.82, 2.24) is 4.98 Å².